The minimum Gasteiger partial charge on any atom is -0.493 e. The highest BCUT2D eigenvalue weighted by molar-refractivity contribution is 7.89. The normalized spacial score (nSPS) is 15.5. The summed E-state index contributed by atoms with van der Waals surface area (Å²) in [6, 6.07) is 9.68. The Balaban J connectivity index is 1.46. The molecule has 0 saturated carbocycles. The molecule has 1 N–H and O–H groups in total. The van der Waals surface area contributed by atoms with E-state index in [4.69, 9.17) is 9.47 Å². The van der Waals surface area contributed by atoms with Crippen LogP contribution in [0.4, 0.5) is 8.78 Å². The molecule has 0 spiro atoms. The zero-order chi connectivity index (χ0) is 22.4. The van der Waals surface area contributed by atoms with Crippen LogP contribution in [0, 0.1) is 17.6 Å². The molecule has 1 aliphatic heterocycles. The molecule has 1 amide bonds. The van der Waals surface area contributed by atoms with Gasteiger partial charge < -0.3 is 14.8 Å². The number of sulfonamides is 1. The first-order valence-electron chi connectivity index (χ1n) is 9.81. The van der Waals surface area contributed by atoms with Gasteiger partial charge in [0.1, 0.15) is 6.61 Å². The van der Waals surface area contributed by atoms with E-state index in [1.165, 1.54) is 4.31 Å². The standard InChI is InChI=1S/C21H24F2N2O5S/c1-29-19-4-2-3-5-20(19)30-13-10-24-21(26)15-8-11-25(12-9-15)31(27,28)16-6-7-17(22)18(23)14-16/h2-7,14-15H,8-13H2,1H3,(H,24,26). The molecule has 168 valence electrons. The summed E-state index contributed by atoms with van der Waals surface area (Å²) in [5.74, 6) is -1.65. The molecule has 1 aliphatic rings. The van der Waals surface area contributed by atoms with Gasteiger partial charge >= 0.3 is 0 Å². The lowest BCUT2D eigenvalue weighted by Gasteiger charge is -2.30. The second-order valence-corrected chi connectivity index (χ2v) is 8.98. The summed E-state index contributed by atoms with van der Waals surface area (Å²) in [4.78, 5) is 12.1. The number of nitrogens with zero attached hydrogens (tertiary/aromatic N) is 1. The van der Waals surface area contributed by atoms with Gasteiger partial charge in [-0.1, -0.05) is 12.1 Å². The van der Waals surface area contributed by atoms with E-state index >= 15 is 0 Å². The quantitative estimate of drug-likeness (QED) is 0.620. The summed E-state index contributed by atoms with van der Waals surface area (Å²) in [5, 5.41) is 2.80. The number of ether oxygens (including phenoxy) is 2. The van der Waals surface area contributed by atoms with Crippen LogP contribution in [0.1, 0.15) is 12.8 Å². The number of rotatable bonds is 8. The van der Waals surface area contributed by atoms with Gasteiger partial charge in [0.05, 0.1) is 18.6 Å². The molecule has 3 rings (SSSR count). The number of carbonyl (C=O) groups is 1. The van der Waals surface area contributed by atoms with Crippen molar-refractivity contribution < 1.29 is 31.5 Å². The van der Waals surface area contributed by atoms with Crippen molar-refractivity contribution in [3.05, 3.63) is 54.1 Å². The molecule has 0 atom stereocenters. The smallest absolute Gasteiger partial charge is 0.243 e. The lowest BCUT2D eigenvalue weighted by molar-refractivity contribution is -0.126. The van der Waals surface area contributed by atoms with E-state index in [1.54, 1.807) is 19.2 Å². The molecule has 1 heterocycles. The van der Waals surface area contributed by atoms with E-state index in [1.807, 2.05) is 12.1 Å². The third kappa shape index (κ3) is 5.50. The predicted octanol–water partition coefficient (Wildman–Crippen LogP) is 2.57. The van der Waals surface area contributed by atoms with Crippen molar-refractivity contribution in [2.75, 3.05) is 33.4 Å². The maximum absolute atomic E-state index is 13.4. The van der Waals surface area contributed by atoms with Gasteiger partial charge in [-0.3, -0.25) is 4.79 Å². The summed E-state index contributed by atoms with van der Waals surface area (Å²) in [5.41, 5.74) is 0. The number of piperidine rings is 1. The molecular formula is C21H24F2N2O5S. The highest BCUT2D eigenvalue weighted by Crippen LogP contribution is 2.26. The molecule has 10 heteroatoms. The van der Waals surface area contributed by atoms with Crippen molar-refractivity contribution in [1.29, 1.82) is 0 Å². The average Bonchev–Trinajstić information content (AvgIpc) is 2.78. The van der Waals surface area contributed by atoms with Crippen molar-refractivity contribution in [2.24, 2.45) is 5.92 Å². The van der Waals surface area contributed by atoms with Gasteiger partial charge in [0.2, 0.25) is 15.9 Å². The van der Waals surface area contributed by atoms with Crippen molar-refractivity contribution in [1.82, 2.24) is 9.62 Å². The maximum atomic E-state index is 13.4. The maximum Gasteiger partial charge on any atom is 0.243 e. The molecule has 1 saturated heterocycles. The fourth-order valence-corrected chi connectivity index (χ4v) is 4.84. The second-order valence-electron chi connectivity index (χ2n) is 7.04. The molecule has 7 nitrogen and oxygen atoms in total. The Kier molecular flexibility index (Phi) is 7.45. The van der Waals surface area contributed by atoms with E-state index < -0.39 is 21.7 Å². The van der Waals surface area contributed by atoms with Crippen LogP contribution in [-0.4, -0.2) is 52.0 Å². The zero-order valence-corrected chi connectivity index (χ0v) is 17.8. The van der Waals surface area contributed by atoms with Gasteiger partial charge in [0.25, 0.3) is 0 Å². The molecular weight excluding hydrogens is 430 g/mol. The number of methoxy groups -OCH3 is 1. The van der Waals surface area contributed by atoms with Crippen LogP contribution >= 0.6 is 0 Å². The first kappa shape index (κ1) is 23.0. The highest BCUT2D eigenvalue weighted by Gasteiger charge is 2.32. The van der Waals surface area contributed by atoms with Gasteiger partial charge in [-0.15, -0.1) is 0 Å². The van der Waals surface area contributed by atoms with Crippen molar-refractivity contribution in [3.63, 3.8) is 0 Å². The Bertz CT molecular complexity index is 1020. The van der Waals surface area contributed by atoms with Gasteiger partial charge in [0, 0.05) is 19.0 Å². The Labute approximate surface area is 180 Å². The first-order chi connectivity index (χ1) is 14.8. The van der Waals surface area contributed by atoms with E-state index in [-0.39, 0.29) is 36.4 Å². The Morgan fingerprint density at radius 3 is 2.42 bits per heavy atom. The summed E-state index contributed by atoms with van der Waals surface area (Å²) >= 11 is 0. The van der Waals surface area contributed by atoms with Gasteiger partial charge in [0.15, 0.2) is 23.1 Å². The monoisotopic (exact) mass is 454 g/mol. The van der Waals surface area contributed by atoms with E-state index in [9.17, 15) is 22.0 Å². The van der Waals surface area contributed by atoms with Crippen LogP contribution in [0.25, 0.3) is 0 Å². The second kappa shape index (κ2) is 10.1. The van der Waals surface area contributed by atoms with E-state index in [2.05, 4.69) is 5.32 Å². The third-order valence-corrected chi connectivity index (χ3v) is 6.98. The fraction of sp³-hybridized carbons (Fsp3) is 0.381. The van der Waals surface area contributed by atoms with Crippen LogP contribution in [0.3, 0.4) is 0 Å². The summed E-state index contributed by atoms with van der Waals surface area (Å²) in [7, 11) is -2.40. The zero-order valence-electron chi connectivity index (χ0n) is 17.0. The number of hydrogen-bond donors (Lipinski definition) is 1. The summed E-state index contributed by atoms with van der Waals surface area (Å²) < 4.78 is 63.8. The summed E-state index contributed by atoms with van der Waals surface area (Å²) in [6.45, 7) is 0.800. The summed E-state index contributed by atoms with van der Waals surface area (Å²) in [6.07, 6.45) is 0.671. The molecule has 2 aromatic carbocycles. The number of benzene rings is 2. The molecule has 0 aromatic heterocycles. The Morgan fingerprint density at radius 1 is 1.10 bits per heavy atom. The van der Waals surface area contributed by atoms with E-state index in [0.717, 1.165) is 12.1 Å². The van der Waals surface area contributed by atoms with Crippen LogP contribution in [0.2, 0.25) is 0 Å². The molecule has 0 bridgehead atoms. The van der Waals surface area contributed by atoms with Crippen molar-refractivity contribution in [2.45, 2.75) is 17.7 Å². The number of para-hydroxylation sites is 2. The molecule has 0 radical (unpaired) electrons. The molecule has 0 unspecified atom stereocenters. The topological polar surface area (TPSA) is 84.9 Å². The minimum atomic E-state index is -3.95. The number of nitrogens with one attached hydrogen (secondary N) is 1. The van der Waals surface area contributed by atoms with Crippen LogP contribution in [-0.2, 0) is 14.8 Å². The number of halogens is 2. The highest BCUT2D eigenvalue weighted by atomic mass is 32.2. The van der Waals surface area contributed by atoms with Crippen LogP contribution in [0.5, 0.6) is 11.5 Å². The van der Waals surface area contributed by atoms with Gasteiger partial charge in [-0.2, -0.15) is 4.31 Å². The Hall–Kier alpha value is -2.72. The lowest BCUT2D eigenvalue weighted by atomic mass is 9.97. The number of carbonyl (C=O) groups excluding carboxylic acids is 1. The minimum absolute atomic E-state index is 0.122. The van der Waals surface area contributed by atoms with Crippen molar-refractivity contribution in [3.8, 4) is 11.5 Å². The largest absolute Gasteiger partial charge is 0.493 e. The van der Waals surface area contributed by atoms with Crippen LogP contribution in [0.15, 0.2) is 47.4 Å². The number of hydrogen-bond acceptors (Lipinski definition) is 5. The Morgan fingerprint density at radius 2 is 1.77 bits per heavy atom. The number of amides is 1. The third-order valence-electron chi connectivity index (χ3n) is 5.08. The molecule has 1 fully saturated rings. The van der Waals surface area contributed by atoms with Crippen LogP contribution < -0.4 is 14.8 Å². The van der Waals surface area contributed by atoms with E-state index in [0.29, 0.717) is 37.0 Å². The first-order valence-corrected chi connectivity index (χ1v) is 11.3. The predicted molar refractivity (Wildman–Crippen MR) is 109 cm³/mol. The van der Waals surface area contributed by atoms with Crippen molar-refractivity contribution >= 4 is 15.9 Å². The van der Waals surface area contributed by atoms with Gasteiger partial charge in [-0.05, 0) is 43.2 Å². The molecule has 2 aromatic rings. The van der Waals surface area contributed by atoms with Gasteiger partial charge in [-0.25, -0.2) is 17.2 Å². The lowest BCUT2D eigenvalue weighted by Crippen LogP contribution is -2.43. The molecule has 0 aliphatic carbocycles. The molecule has 31 heavy (non-hydrogen) atoms. The SMILES string of the molecule is COc1ccccc1OCCNC(=O)C1CCN(S(=O)(=O)c2ccc(F)c(F)c2)CC1. The fourth-order valence-electron chi connectivity index (χ4n) is 3.36. The average molecular weight is 454 g/mol.